The van der Waals surface area contributed by atoms with Crippen LogP contribution in [0, 0.1) is 12.3 Å². The quantitative estimate of drug-likeness (QED) is 0.237. The van der Waals surface area contributed by atoms with Gasteiger partial charge in [-0.15, -0.1) is 23.7 Å². The molecule has 1 saturated heterocycles. The zero-order valence-electron chi connectivity index (χ0n) is 23.4. The predicted molar refractivity (Wildman–Crippen MR) is 144 cm³/mol. The number of rotatable bonds is 10. The fraction of sp³-hybridized carbons (Fsp3) is 0.464. The van der Waals surface area contributed by atoms with Crippen LogP contribution in [0.5, 0.6) is 5.75 Å². The lowest BCUT2D eigenvalue weighted by Crippen LogP contribution is -2.63. The Morgan fingerprint density at radius 1 is 0.976 bits per heavy atom. The van der Waals surface area contributed by atoms with E-state index >= 15 is 0 Å². The van der Waals surface area contributed by atoms with Crippen molar-refractivity contribution in [1.29, 1.82) is 0 Å². The maximum absolute atomic E-state index is 12.3. The summed E-state index contributed by atoms with van der Waals surface area (Å²) in [6, 6.07) is 4.51. The third-order valence-electron chi connectivity index (χ3n) is 5.92. The smallest absolute Gasteiger partial charge is 0.348 e. The van der Waals surface area contributed by atoms with Crippen LogP contribution in [0.1, 0.15) is 55.5 Å². The number of methoxy groups -OCH3 is 1. The Labute approximate surface area is 244 Å². The summed E-state index contributed by atoms with van der Waals surface area (Å²) in [5, 5.41) is 11.0. The van der Waals surface area contributed by atoms with Crippen LogP contribution in [0.2, 0.25) is 0 Å². The minimum absolute atomic E-state index is 0.000451. The molecule has 2 aromatic rings. The van der Waals surface area contributed by atoms with Crippen molar-refractivity contribution in [3.05, 3.63) is 28.6 Å². The van der Waals surface area contributed by atoms with Crippen molar-refractivity contribution in [2.24, 2.45) is 0 Å². The van der Waals surface area contributed by atoms with Gasteiger partial charge in [0.15, 0.2) is 12.2 Å². The average molecular weight is 607 g/mol. The van der Waals surface area contributed by atoms with Crippen molar-refractivity contribution in [3.8, 4) is 18.1 Å². The van der Waals surface area contributed by atoms with Gasteiger partial charge in [0.05, 0.1) is 13.2 Å². The predicted octanol–water partition coefficient (Wildman–Crippen LogP) is 2.21. The first-order chi connectivity index (χ1) is 19.9. The number of terminal acetylenes is 1. The van der Waals surface area contributed by atoms with Gasteiger partial charge in [0.1, 0.15) is 23.3 Å². The fourth-order valence-corrected chi connectivity index (χ4v) is 5.47. The number of hydrogen-bond donors (Lipinski definition) is 1. The monoisotopic (exact) mass is 606 g/mol. The van der Waals surface area contributed by atoms with E-state index in [9.17, 15) is 29.1 Å². The van der Waals surface area contributed by atoms with Crippen molar-refractivity contribution in [2.45, 2.75) is 70.9 Å². The van der Waals surface area contributed by atoms with Crippen LogP contribution in [0.4, 0.5) is 0 Å². The van der Waals surface area contributed by atoms with E-state index in [4.69, 9.17) is 39.6 Å². The molecule has 1 N–H and O–H groups in total. The van der Waals surface area contributed by atoms with Gasteiger partial charge in [0.25, 0.3) is 0 Å². The summed E-state index contributed by atoms with van der Waals surface area (Å²) in [4.78, 5) is 60.3. The summed E-state index contributed by atoms with van der Waals surface area (Å²) in [7, 11) is 1.22. The Bertz CT molecular complexity index is 1390. The minimum Gasteiger partial charge on any atom is -0.465 e. The second kappa shape index (κ2) is 14.1. The number of carbonyl (C=O) groups is 5. The normalized spacial score (nSPS) is 22.3. The topological polar surface area (TPSA) is 170 Å². The van der Waals surface area contributed by atoms with Crippen molar-refractivity contribution in [3.63, 3.8) is 0 Å². The highest BCUT2D eigenvalue weighted by Gasteiger charge is 2.53. The SMILES string of the molecule is C#CCC(O)c1ccc(O[C@@H]2O[C@H](COC(C)=O)[C@H](OC(C)=O)[C@H](OC(C)=O)[C@H]2OC(C)=O)c2cc(C(=O)OC)sc12. The maximum atomic E-state index is 12.3. The molecule has 0 aliphatic carbocycles. The Balaban J connectivity index is 2.14. The highest BCUT2D eigenvalue weighted by molar-refractivity contribution is 7.21. The molecule has 0 saturated carbocycles. The molecule has 1 aromatic carbocycles. The molecule has 3 rings (SSSR count). The molecule has 1 unspecified atom stereocenters. The molecule has 1 aliphatic rings. The van der Waals surface area contributed by atoms with Gasteiger partial charge in [-0.05, 0) is 17.7 Å². The minimum atomic E-state index is -1.50. The molecule has 6 atom stereocenters. The number of ether oxygens (including phenoxy) is 7. The second-order valence-electron chi connectivity index (χ2n) is 9.11. The molecule has 226 valence electrons. The summed E-state index contributed by atoms with van der Waals surface area (Å²) < 4.78 is 38.8. The van der Waals surface area contributed by atoms with Gasteiger partial charge >= 0.3 is 29.8 Å². The van der Waals surface area contributed by atoms with Crippen LogP contribution in [0.3, 0.4) is 0 Å². The zero-order valence-corrected chi connectivity index (χ0v) is 24.3. The third kappa shape index (κ3) is 7.75. The largest absolute Gasteiger partial charge is 0.465 e. The first kappa shape index (κ1) is 32.3. The highest BCUT2D eigenvalue weighted by Crippen LogP contribution is 2.40. The first-order valence-electron chi connectivity index (χ1n) is 12.6. The summed E-state index contributed by atoms with van der Waals surface area (Å²) in [5.41, 5.74) is 0.428. The summed E-state index contributed by atoms with van der Waals surface area (Å²) >= 11 is 1.03. The number of benzene rings is 1. The van der Waals surface area contributed by atoms with Crippen LogP contribution in [0.25, 0.3) is 10.1 Å². The lowest BCUT2D eigenvalue weighted by Gasteiger charge is -2.44. The molecule has 1 aromatic heterocycles. The molecular weight excluding hydrogens is 576 g/mol. The Morgan fingerprint density at radius 3 is 2.17 bits per heavy atom. The van der Waals surface area contributed by atoms with E-state index in [1.807, 2.05) is 0 Å². The van der Waals surface area contributed by atoms with Crippen LogP contribution in [-0.4, -0.2) is 79.4 Å². The van der Waals surface area contributed by atoms with Gasteiger partial charge in [-0.2, -0.15) is 0 Å². The Morgan fingerprint density at radius 2 is 1.60 bits per heavy atom. The van der Waals surface area contributed by atoms with E-state index < -0.39 is 73.3 Å². The number of hydrogen-bond acceptors (Lipinski definition) is 14. The molecule has 14 heteroatoms. The van der Waals surface area contributed by atoms with E-state index in [-0.39, 0.29) is 17.0 Å². The number of fused-ring (bicyclic) bond motifs is 1. The van der Waals surface area contributed by atoms with Gasteiger partial charge in [-0.25, -0.2) is 4.79 Å². The summed E-state index contributed by atoms with van der Waals surface area (Å²) in [6.07, 6.45) is -2.66. The molecule has 1 fully saturated rings. The number of esters is 5. The molecule has 0 amide bonds. The van der Waals surface area contributed by atoms with Crippen LogP contribution >= 0.6 is 11.3 Å². The van der Waals surface area contributed by atoms with Gasteiger partial charge < -0.3 is 38.3 Å². The molecule has 0 spiro atoms. The van der Waals surface area contributed by atoms with Crippen molar-refractivity contribution < 1.29 is 62.2 Å². The van der Waals surface area contributed by atoms with Crippen molar-refractivity contribution in [2.75, 3.05) is 13.7 Å². The van der Waals surface area contributed by atoms with E-state index in [1.165, 1.54) is 19.2 Å². The van der Waals surface area contributed by atoms with Crippen molar-refractivity contribution >= 4 is 51.3 Å². The standard InChI is InChI=1S/C28H30O13S/c1-7-8-19(33)17-9-10-20(18-11-22(27(34)35-6)42-26(17)18)40-28-25(39-16(5)32)24(38-15(4)31)23(37-14(3)30)21(41-28)12-36-13(2)29/h1,9-11,19,21,23-25,28,33H,8,12H2,2-6H3/t19?,21-,23+,24+,25-,28-/m1/s1. The summed E-state index contributed by atoms with van der Waals surface area (Å²) in [5.74, 6) is -1.15. The number of thiophene rings is 1. The number of aliphatic hydroxyl groups is 1. The molecular formula is C28H30O13S. The third-order valence-corrected chi connectivity index (χ3v) is 7.09. The van der Waals surface area contributed by atoms with E-state index in [1.54, 1.807) is 6.07 Å². The highest BCUT2D eigenvalue weighted by atomic mass is 32.1. The molecule has 13 nitrogen and oxygen atoms in total. The van der Waals surface area contributed by atoms with Crippen LogP contribution in [0.15, 0.2) is 18.2 Å². The van der Waals surface area contributed by atoms with Crippen molar-refractivity contribution in [1.82, 2.24) is 0 Å². The Kier molecular flexibility index (Phi) is 10.9. The number of carbonyl (C=O) groups excluding carboxylic acids is 5. The lowest BCUT2D eigenvalue weighted by atomic mass is 9.98. The van der Waals surface area contributed by atoms with Crippen LogP contribution in [-0.2, 0) is 47.6 Å². The fourth-order valence-electron chi connectivity index (χ4n) is 4.32. The molecule has 2 heterocycles. The molecule has 1 aliphatic heterocycles. The van der Waals surface area contributed by atoms with Gasteiger partial charge in [0.2, 0.25) is 12.4 Å². The molecule has 0 radical (unpaired) electrons. The average Bonchev–Trinajstić information content (AvgIpc) is 3.36. The first-order valence-corrected chi connectivity index (χ1v) is 13.4. The van der Waals surface area contributed by atoms with Gasteiger partial charge in [0, 0.05) is 44.2 Å². The summed E-state index contributed by atoms with van der Waals surface area (Å²) in [6.45, 7) is 4.04. The van der Waals surface area contributed by atoms with E-state index in [2.05, 4.69) is 5.92 Å². The maximum Gasteiger partial charge on any atom is 0.348 e. The van der Waals surface area contributed by atoms with Crippen LogP contribution < -0.4 is 4.74 Å². The van der Waals surface area contributed by atoms with E-state index in [0.717, 1.165) is 39.0 Å². The van der Waals surface area contributed by atoms with Gasteiger partial charge in [-0.1, -0.05) is 6.07 Å². The zero-order chi connectivity index (χ0) is 31.1. The molecule has 42 heavy (non-hydrogen) atoms. The van der Waals surface area contributed by atoms with Gasteiger partial charge in [-0.3, -0.25) is 19.2 Å². The number of aliphatic hydroxyl groups excluding tert-OH is 1. The molecule has 0 bridgehead atoms. The van der Waals surface area contributed by atoms with E-state index in [0.29, 0.717) is 15.6 Å². The lowest BCUT2D eigenvalue weighted by molar-refractivity contribution is -0.288. The Hall–Kier alpha value is -4.19. The second-order valence-corrected chi connectivity index (χ2v) is 10.2.